The standard InChI is InChI=1S/C13H19NO3/c1-8(2)10-6-9(12(15)16)7-11(14-10)17-13(3,4)5/h6-8H,1-5H3,(H,15,16). The van der Waals surface area contributed by atoms with Gasteiger partial charge in [-0.2, -0.15) is 0 Å². The second kappa shape index (κ2) is 4.73. The summed E-state index contributed by atoms with van der Waals surface area (Å²) in [6.45, 7) is 9.63. The molecule has 0 saturated carbocycles. The average Bonchev–Trinajstić information content (AvgIpc) is 2.14. The minimum Gasteiger partial charge on any atom is -0.478 e. The van der Waals surface area contributed by atoms with Gasteiger partial charge in [-0.25, -0.2) is 9.78 Å². The monoisotopic (exact) mass is 237 g/mol. The average molecular weight is 237 g/mol. The number of ether oxygens (including phenoxy) is 1. The summed E-state index contributed by atoms with van der Waals surface area (Å²) in [4.78, 5) is 15.3. The molecule has 1 N–H and O–H groups in total. The van der Waals surface area contributed by atoms with Crippen molar-refractivity contribution < 1.29 is 14.6 Å². The fraction of sp³-hybridized carbons (Fsp3) is 0.538. The Morgan fingerprint density at radius 3 is 2.35 bits per heavy atom. The van der Waals surface area contributed by atoms with Crippen molar-refractivity contribution in [3.05, 3.63) is 23.4 Å². The smallest absolute Gasteiger partial charge is 0.335 e. The lowest BCUT2D eigenvalue weighted by Crippen LogP contribution is -2.24. The Bertz CT molecular complexity index is 419. The van der Waals surface area contributed by atoms with Gasteiger partial charge in [0.2, 0.25) is 5.88 Å². The number of hydrogen-bond donors (Lipinski definition) is 1. The first-order chi connectivity index (χ1) is 7.69. The summed E-state index contributed by atoms with van der Waals surface area (Å²) in [5.41, 5.74) is 0.547. The molecular formula is C13H19NO3. The van der Waals surface area contributed by atoms with Crippen molar-refractivity contribution in [2.45, 2.75) is 46.1 Å². The van der Waals surface area contributed by atoms with Crippen molar-refractivity contribution in [1.29, 1.82) is 0 Å². The number of rotatable bonds is 3. The van der Waals surface area contributed by atoms with E-state index in [2.05, 4.69) is 4.98 Å². The molecule has 0 spiro atoms. The summed E-state index contributed by atoms with van der Waals surface area (Å²) in [5.74, 6) is -0.439. The topological polar surface area (TPSA) is 59.4 Å². The zero-order chi connectivity index (χ0) is 13.2. The van der Waals surface area contributed by atoms with Crippen molar-refractivity contribution in [3.8, 4) is 5.88 Å². The van der Waals surface area contributed by atoms with Crippen LogP contribution in [0.4, 0.5) is 0 Å². The second-order valence-corrected chi connectivity index (χ2v) is 5.29. The van der Waals surface area contributed by atoms with Crippen LogP contribution < -0.4 is 4.74 Å². The van der Waals surface area contributed by atoms with Crippen molar-refractivity contribution >= 4 is 5.97 Å². The van der Waals surface area contributed by atoms with Crippen LogP contribution in [-0.2, 0) is 0 Å². The molecule has 0 bridgehead atoms. The van der Waals surface area contributed by atoms with Gasteiger partial charge in [0.05, 0.1) is 5.56 Å². The molecule has 1 rings (SSSR count). The number of nitrogens with zero attached hydrogens (tertiary/aromatic N) is 1. The number of aromatic carboxylic acids is 1. The lowest BCUT2D eigenvalue weighted by molar-refractivity contribution is 0.0693. The maximum atomic E-state index is 11.0. The van der Waals surface area contributed by atoms with Gasteiger partial charge in [0.1, 0.15) is 5.60 Å². The van der Waals surface area contributed by atoms with Gasteiger partial charge < -0.3 is 9.84 Å². The second-order valence-electron chi connectivity index (χ2n) is 5.29. The molecule has 0 aromatic carbocycles. The molecule has 94 valence electrons. The predicted octanol–water partition coefficient (Wildman–Crippen LogP) is 3.08. The van der Waals surface area contributed by atoms with E-state index >= 15 is 0 Å². The molecule has 4 heteroatoms. The van der Waals surface area contributed by atoms with Crippen molar-refractivity contribution in [2.24, 2.45) is 0 Å². The number of carboxylic acid groups (broad SMARTS) is 1. The molecule has 0 radical (unpaired) electrons. The van der Waals surface area contributed by atoms with E-state index in [1.165, 1.54) is 6.07 Å². The van der Waals surface area contributed by atoms with E-state index < -0.39 is 11.6 Å². The molecule has 0 aliphatic rings. The molecule has 0 fully saturated rings. The molecule has 1 aromatic heterocycles. The van der Waals surface area contributed by atoms with E-state index in [-0.39, 0.29) is 11.5 Å². The van der Waals surface area contributed by atoms with Gasteiger partial charge in [-0.05, 0) is 32.8 Å². The quantitative estimate of drug-likeness (QED) is 0.877. The highest BCUT2D eigenvalue weighted by atomic mass is 16.5. The van der Waals surface area contributed by atoms with Crippen molar-refractivity contribution in [3.63, 3.8) is 0 Å². The maximum Gasteiger partial charge on any atom is 0.335 e. The molecule has 1 aromatic rings. The van der Waals surface area contributed by atoms with Crippen LogP contribution in [0.5, 0.6) is 5.88 Å². The SMILES string of the molecule is CC(C)c1cc(C(=O)O)cc(OC(C)(C)C)n1. The molecule has 4 nitrogen and oxygen atoms in total. The molecule has 0 aliphatic carbocycles. The third-order valence-corrected chi connectivity index (χ3v) is 2.07. The Morgan fingerprint density at radius 2 is 1.94 bits per heavy atom. The van der Waals surface area contributed by atoms with Gasteiger partial charge >= 0.3 is 5.97 Å². The normalized spacial score (nSPS) is 11.6. The minimum atomic E-state index is -0.965. The number of carbonyl (C=O) groups is 1. The maximum absolute atomic E-state index is 11.0. The lowest BCUT2D eigenvalue weighted by atomic mass is 10.1. The van der Waals surface area contributed by atoms with Gasteiger partial charge in [0, 0.05) is 11.8 Å². The summed E-state index contributed by atoms with van der Waals surface area (Å²) < 4.78 is 5.61. The summed E-state index contributed by atoms with van der Waals surface area (Å²) >= 11 is 0. The van der Waals surface area contributed by atoms with E-state index in [1.54, 1.807) is 6.07 Å². The predicted molar refractivity (Wildman–Crippen MR) is 65.7 cm³/mol. The largest absolute Gasteiger partial charge is 0.478 e. The van der Waals surface area contributed by atoms with Crippen LogP contribution in [0.15, 0.2) is 12.1 Å². The fourth-order valence-corrected chi connectivity index (χ4v) is 1.31. The van der Waals surface area contributed by atoms with Gasteiger partial charge in [-0.1, -0.05) is 13.8 Å². The first-order valence-electron chi connectivity index (χ1n) is 5.63. The highest BCUT2D eigenvalue weighted by Gasteiger charge is 2.16. The number of carboxylic acids is 1. The molecular weight excluding hydrogens is 218 g/mol. The molecule has 0 amide bonds. The Kier molecular flexibility index (Phi) is 3.76. The Balaban J connectivity index is 3.17. The number of pyridine rings is 1. The van der Waals surface area contributed by atoms with Crippen LogP contribution in [0, 0.1) is 0 Å². The van der Waals surface area contributed by atoms with Gasteiger partial charge in [0.25, 0.3) is 0 Å². The first-order valence-corrected chi connectivity index (χ1v) is 5.63. The summed E-state index contributed by atoms with van der Waals surface area (Å²) in [6, 6.07) is 3.04. The fourth-order valence-electron chi connectivity index (χ4n) is 1.31. The van der Waals surface area contributed by atoms with Crippen LogP contribution in [0.1, 0.15) is 56.6 Å². The van der Waals surface area contributed by atoms with E-state index in [4.69, 9.17) is 9.84 Å². The molecule has 0 saturated heterocycles. The molecule has 0 unspecified atom stereocenters. The Hall–Kier alpha value is -1.58. The Morgan fingerprint density at radius 1 is 1.35 bits per heavy atom. The third-order valence-electron chi connectivity index (χ3n) is 2.07. The number of hydrogen-bond acceptors (Lipinski definition) is 3. The van der Waals surface area contributed by atoms with Crippen LogP contribution in [-0.4, -0.2) is 21.7 Å². The number of aromatic nitrogens is 1. The highest BCUT2D eigenvalue weighted by Crippen LogP contribution is 2.22. The van der Waals surface area contributed by atoms with Gasteiger partial charge in [-0.3, -0.25) is 0 Å². The van der Waals surface area contributed by atoms with Gasteiger partial charge in [-0.15, -0.1) is 0 Å². The summed E-state index contributed by atoms with van der Waals surface area (Å²) in [6.07, 6.45) is 0. The first kappa shape index (κ1) is 13.5. The van der Waals surface area contributed by atoms with Crippen molar-refractivity contribution in [2.75, 3.05) is 0 Å². The molecule has 0 atom stereocenters. The van der Waals surface area contributed by atoms with E-state index in [0.717, 1.165) is 5.69 Å². The summed E-state index contributed by atoms with van der Waals surface area (Å²) in [7, 11) is 0. The minimum absolute atomic E-state index is 0.164. The van der Waals surface area contributed by atoms with Crippen LogP contribution in [0.25, 0.3) is 0 Å². The van der Waals surface area contributed by atoms with Gasteiger partial charge in [0.15, 0.2) is 0 Å². The highest BCUT2D eigenvalue weighted by molar-refractivity contribution is 5.88. The lowest BCUT2D eigenvalue weighted by Gasteiger charge is -2.21. The van der Waals surface area contributed by atoms with Crippen molar-refractivity contribution in [1.82, 2.24) is 4.98 Å². The molecule has 17 heavy (non-hydrogen) atoms. The van der Waals surface area contributed by atoms with Crippen LogP contribution >= 0.6 is 0 Å². The Labute approximate surface area is 102 Å². The summed E-state index contributed by atoms with van der Waals surface area (Å²) in [5, 5.41) is 9.03. The molecule has 0 aliphatic heterocycles. The van der Waals surface area contributed by atoms with E-state index in [0.29, 0.717) is 5.88 Å². The van der Waals surface area contributed by atoms with Crippen LogP contribution in [0.3, 0.4) is 0 Å². The van der Waals surface area contributed by atoms with Crippen LogP contribution in [0.2, 0.25) is 0 Å². The molecule has 1 heterocycles. The zero-order valence-corrected chi connectivity index (χ0v) is 10.9. The zero-order valence-electron chi connectivity index (χ0n) is 10.9. The third kappa shape index (κ3) is 4.06. The van der Waals surface area contributed by atoms with E-state index in [9.17, 15) is 4.79 Å². The van der Waals surface area contributed by atoms with E-state index in [1.807, 2.05) is 34.6 Å².